The van der Waals surface area contributed by atoms with Gasteiger partial charge in [0.15, 0.2) is 0 Å². The maximum absolute atomic E-state index is 5.69. The molecule has 1 aliphatic rings. The van der Waals surface area contributed by atoms with Gasteiger partial charge in [0.2, 0.25) is 0 Å². The van der Waals surface area contributed by atoms with Gasteiger partial charge in [-0.1, -0.05) is 78.9 Å². The number of hydrogen-bond acceptors (Lipinski definition) is 3. The Morgan fingerprint density at radius 3 is 2.03 bits per heavy atom. The van der Waals surface area contributed by atoms with E-state index < -0.39 is 0 Å². The minimum Gasteiger partial charge on any atom is -0.496 e. The molecule has 1 saturated heterocycles. The molecule has 3 nitrogen and oxygen atoms in total. The molecule has 0 radical (unpaired) electrons. The molecule has 0 bridgehead atoms. The number of rotatable bonds is 8. The third-order valence-corrected chi connectivity index (χ3v) is 6.16. The van der Waals surface area contributed by atoms with Gasteiger partial charge in [0.05, 0.1) is 7.11 Å². The number of para-hydroxylation sites is 1. The summed E-state index contributed by atoms with van der Waals surface area (Å²) in [5.41, 5.74) is 4.06. The Balaban J connectivity index is 1.38. The van der Waals surface area contributed by atoms with E-state index in [0.717, 1.165) is 51.4 Å². The molecule has 156 valence electrons. The van der Waals surface area contributed by atoms with Crippen molar-refractivity contribution in [3.63, 3.8) is 0 Å². The van der Waals surface area contributed by atoms with E-state index in [0.29, 0.717) is 5.92 Å². The van der Waals surface area contributed by atoms with Gasteiger partial charge >= 0.3 is 0 Å². The highest BCUT2D eigenvalue weighted by Gasteiger charge is 2.21. The Hall–Kier alpha value is -2.62. The van der Waals surface area contributed by atoms with E-state index in [1.165, 1.54) is 16.7 Å². The Kier molecular flexibility index (Phi) is 7.17. The Morgan fingerprint density at radius 2 is 1.33 bits per heavy atom. The van der Waals surface area contributed by atoms with Crippen LogP contribution in [0.5, 0.6) is 5.75 Å². The Morgan fingerprint density at radius 1 is 0.733 bits per heavy atom. The zero-order chi connectivity index (χ0) is 20.6. The van der Waals surface area contributed by atoms with Gasteiger partial charge in [-0.3, -0.25) is 4.90 Å². The third-order valence-electron chi connectivity index (χ3n) is 6.16. The monoisotopic (exact) mass is 400 g/mol. The maximum Gasteiger partial charge on any atom is 0.122 e. The summed E-state index contributed by atoms with van der Waals surface area (Å²) in [5.74, 6) is 1.34. The van der Waals surface area contributed by atoms with Crippen LogP contribution < -0.4 is 4.74 Å². The van der Waals surface area contributed by atoms with Crippen LogP contribution in [-0.2, 0) is 6.54 Å². The standard InChI is InChI=1S/C27H32N2O/c1-30-27-15-9-8-14-26(27)25(24-12-6-3-7-13-24)16-17-28-18-20-29(21-19-28)22-23-10-4-2-5-11-23/h2-15,25H,16-22H2,1H3. The lowest BCUT2D eigenvalue weighted by atomic mass is 9.87. The minimum absolute atomic E-state index is 0.352. The smallest absolute Gasteiger partial charge is 0.122 e. The predicted molar refractivity (Wildman–Crippen MR) is 124 cm³/mol. The van der Waals surface area contributed by atoms with Crippen LogP contribution in [0.4, 0.5) is 0 Å². The number of piperazine rings is 1. The number of nitrogens with zero attached hydrogens (tertiary/aromatic N) is 2. The van der Waals surface area contributed by atoms with Crippen LogP contribution in [-0.4, -0.2) is 49.6 Å². The van der Waals surface area contributed by atoms with Gasteiger partial charge in [0.25, 0.3) is 0 Å². The summed E-state index contributed by atoms with van der Waals surface area (Å²) in [4.78, 5) is 5.19. The van der Waals surface area contributed by atoms with Crippen molar-refractivity contribution >= 4 is 0 Å². The highest BCUT2D eigenvalue weighted by molar-refractivity contribution is 5.42. The van der Waals surface area contributed by atoms with Crippen molar-refractivity contribution in [2.24, 2.45) is 0 Å². The van der Waals surface area contributed by atoms with Crippen molar-refractivity contribution in [2.75, 3.05) is 39.8 Å². The second-order valence-electron chi connectivity index (χ2n) is 8.10. The maximum atomic E-state index is 5.69. The molecule has 1 aliphatic heterocycles. The molecule has 0 aliphatic carbocycles. The Labute approximate surface area is 180 Å². The van der Waals surface area contributed by atoms with Crippen LogP contribution in [0.3, 0.4) is 0 Å². The van der Waals surface area contributed by atoms with Crippen LogP contribution in [0, 0.1) is 0 Å². The molecule has 4 rings (SSSR count). The van der Waals surface area contributed by atoms with Gasteiger partial charge in [-0.15, -0.1) is 0 Å². The third kappa shape index (κ3) is 5.29. The fraction of sp³-hybridized carbons (Fsp3) is 0.333. The Bertz CT molecular complexity index is 889. The van der Waals surface area contributed by atoms with E-state index in [9.17, 15) is 0 Å². The quantitative estimate of drug-likeness (QED) is 0.527. The second kappa shape index (κ2) is 10.4. The van der Waals surface area contributed by atoms with E-state index in [4.69, 9.17) is 4.74 Å². The van der Waals surface area contributed by atoms with Crippen molar-refractivity contribution < 1.29 is 4.74 Å². The first-order valence-electron chi connectivity index (χ1n) is 11.0. The molecule has 1 unspecified atom stereocenters. The van der Waals surface area contributed by atoms with E-state index >= 15 is 0 Å². The largest absolute Gasteiger partial charge is 0.496 e. The van der Waals surface area contributed by atoms with Gasteiger partial charge in [0, 0.05) is 44.2 Å². The molecular formula is C27H32N2O. The molecule has 1 fully saturated rings. The van der Waals surface area contributed by atoms with Crippen molar-refractivity contribution in [1.29, 1.82) is 0 Å². The molecule has 3 aromatic carbocycles. The molecule has 3 aromatic rings. The second-order valence-corrected chi connectivity index (χ2v) is 8.10. The zero-order valence-corrected chi connectivity index (χ0v) is 17.9. The van der Waals surface area contributed by atoms with Crippen LogP contribution in [0.25, 0.3) is 0 Å². The summed E-state index contributed by atoms with van der Waals surface area (Å²) in [6, 6.07) is 30.1. The molecule has 0 aromatic heterocycles. The van der Waals surface area contributed by atoms with E-state index in [2.05, 4.69) is 94.7 Å². The lowest BCUT2D eigenvalue weighted by Gasteiger charge is -2.35. The highest BCUT2D eigenvalue weighted by Crippen LogP contribution is 2.34. The summed E-state index contributed by atoms with van der Waals surface area (Å²) >= 11 is 0. The van der Waals surface area contributed by atoms with Crippen LogP contribution in [0.1, 0.15) is 29.0 Å². The zero-order valence-electron chi connectivity index (χ0n) is 17.9. The first-order valence-corrected chi connectivity index (χ1v) is 11.0. The van der Waals surface area contributed by atoms with Gasteiger partial charge < -0.3 is 9.64 Å². The molecular weight excluding hydrogens is 368 g/mol. The predicted octanol–water partition coefficient (Wildman–Crippen LogP) is 5.04. The number of hydrogen-bond donors (Lipinski definition) is 0. The fourth-order valence-corrected chi connectivity index (χ4v) is 4.47. The minimum atomic E-state index is 0.352. The van der Waals surface area contributed by atoms with Gasteiger partial charge in [0.1, 0.15) is 5.75 Å². The SMILES string of the molecule is COc1ccccc1C(CCN1CCN(Cc2ccccc2)CC1)c1ccccc1. The van der Waals surface area contributed by atoms with Crippen molar-refractivity contribution in [2.45, 2.75) is 18.9 Å². The average molecular weight is 401 g/mol. The highest BCUT2D eigenvalue weighted by atomic mass is 16.5. The first kappa shape index (κ1) is 20.6. The van der Waals surface area contributed by atoms with Crippen molar-refractivity contribution in [3.05, 3.63) is 102 Å². The van der Waals surface area contributed by atoms with Gasteiger partial charge in [-0.2, -0.15) is 0 Å². The van der Waals surface area contributed by atoms with Crippen LogP contribution >= 0.6 is 0 Å². The van der Waals surface area contributed by atoms with Crippen molar-refractivity contribution in [3.8, 4) is 5.75 Å². The molecule has 30 heavy (non-hydrogen) atoms. The van der Waals surface area contributed by atoms with E-state index in [1.54, 1.807) is 7.11 Å². The van der Waals surface area contributed by atoms with E-state index in [-0.39, 0.29) is 0 Å². The number of ether oxygens (including phenoxy) is 1. The molecule has 0 amide bonds. The molecule has 0 spiro atoms. The summed E-state index contributed by atoms with van der Waals surface area (Å²) in [6.45, 7) is 6.72. The summed E-state index contributed by atoms with van der Waals surface area (Å²) in [6.07, 6.45) is 1.10. The fourth-order valence-electron chi connectivity index (χ4n) is 4.47. The molecule has 1 atom stereocenters. The molecule has 1 heterocycles. The van der Waals surface area contributed by atoms with Crippen molar-refractivity contribution in [1.82, 2.24) is 9.80 Å². The lowest BCUT2D eigenvalue weighted by molar-refractivity contribution is 0.125. The number of benzene rings is 3. The van der Waals surface area contributed by atoms with Crippen LogP contribution in [0.2, 0.25) is 0 Å². The first-order chi connectivity index (χ1) is 14.8. The summed E-state index contributed by atoms with van der Waals surface area (Å²) in [7, 11) is 1.77. The summed E-state index contributed by atoms with van der Waals surface area (Å²) in [5, 5.41) is 0. The van der Waals surface area contributed by atoms with Gasteiger partial charge in [-0.05, 0) is 30.2 Å². The average Bonchev–Trinajstić information content (AvgIpc) is 2.82. The summed E-state index contributed by atoms with van der Waals surface area (Å²) < 4.78 is 5.69. The lowest BCUT2D eigenvalue weighted by Crippen LogP contribution is -2.46. The normalized spacial score (nSPS) is 16.3. The molecule has 0 saturated carbocycles. The molecule has 0 N–H and O–H groups in total. The van der Waals surface area contributed by atoms with Crippen LogP contribution in [0.15, 0.2) is 84.9 Å². The van der Waals surface area contributed by atoms with E-state index in [1.807, 2.05) is 0 Å². The van der Waals surface area contributed by atoms with Gasteiger partial charge in [-0.25, -0.2) is 0 Å². The topological polar surface area (TPSA) is 15.7 Å². The molecule has 3 heteroatoms. The number of methoxy groups -OCH3 is 1.